The van der Waals surface area contributed by atoms with Gasteiger partial charge in [0, 0.05) is 16.4 Å². The molecule has 0 spiro atoms. The monoisotopic (exact) mass is 333 g/mol. The van der Waals surface area contributed by atoms with Gasteiger partial charge in [-0.2, -0.15) is 0 Å². The lowest BCUT2D eigenvalue weighted by Crippen LogP contribution is -2.41. The number of hydrogen-bond acceptors (Lipinski definition) is 2. The van der Waals surface area contributed by atoms with Crippen LogP contribution in [0, 0.1) is 0 Å². The highest BCUT2D eigenvalue weighted by Gasteiger charge is 2.16. The first-order valence-corrected chi connectivity index (χ1v) is 7.31. The Bertz CT molecular complexity index is 400. The number of carbonyl (C=O) groups excluding carboxylic acids is 1. The maximum atomic E-state index is 11.8. The molecule has 5 heteroatoms. The van der Waals surface area contributed by atoms with E-state index >= 15 is 0 Å². The molecule has 0 saturated heterocycles. The summed E-state index contributed by atoms with van der Waals surface area (Å²) in [6, 6.07) is 7.14. The zero-order valence-corrected chi connectivity index (χ0v) is 12.8. The van der Waals surface area contributed by atoms with Crippen molar-refractivity contribution in [2.24, 2.45) is 0 Å². The average molecular weight is 335 g/mol. The lowest BCUT2D eigenvalue weighted by molar-refractivity contribution is -0.127. The second-order valence-corrected chi connectivity index (χ2v) is 5.33. The van der Waals surface area contributed by atoms with Crippen molar-refractivity contribution in [3.8, 4) is 5.75 Å². The van der Waals surface area contributed by atoms with Gasteiger partial charge in [0.2, 0.25) is 0 Å². The average Bonchev–Trinajstić information content (AvgIpc) is 2.29. The van der Waals surface area contributed by atoms with E-state index in [1.165, 1.54) is 0 Å². The number of ether oxygens (including phenoxy) is 1. The second-order valence-electron chi connectivity index (χ2n) is 4.10. The molecule has 18 heavy (non-hydrogen) atoms. The van der Waals surface area contributed by atoms with Crippen LogP contribution in [-0.2, 0) is 4.79 Å². The molecule has 0 aliphatic carbocycles. The molecule has 1 N–H and O–H groups in total. The SMILES string of the molecule is CC(CCBr)NC(=O)C(C)Oc1cccc(Cl)c1. The lowest BCUT2D eigenvalue weighted by Gasteiger charge is -2.18. The van der Waals surface area contributed by atoms with Gasteiger partial charge in [-0.1, -0.05) is 33.6 Å². The van der Waals surface area contributed by atoms with E-state index in [1.807, 2.05) is 6.92 Å². The van der Waals surface area contributed by atoms with E-state index < -0.39 is 6.10 Å². The Balaban J connectivity index is 2.49. The fourth-order valence-electron chi connectivity index (χ4n) is 1.39. The molecule has 0 heterocycles. The van der Waals surface area contributed by atoms with Crippen LogP contribution in [-0.4, -0.2) is 23.4 Å². The van der Waals surface area contributed by atoms with Gasteiger partial charge < -0.3 is 10.1 Å². The van der Waals surface area contributed by atoms with Gasteiger partial charge in [0.05, 0.1) is 0 Å². The maximum absolute atomic E-state index is 11.8. The molecule has 3 nitrogen and oxygen atoms in total. The summed E-state index contributed by atoms with van der Waals surface area (Å²) < 4.78 is 5.53. The normalized spacial score (nSPS) is 13.8. The van der Waals surface area contributed by atoms with E-state index in [4.69, 9.17) is 16.3 Å². The summed E-state index contributed by atoms with van der Waals surface area (Å²) in [5.74, 6) is 0.474. The summed E-state index contributed by atoms with van der Waals surface area (Å²) in [6.07, 6.45) is 0.344. The molecular weight excluding hydrogens is 318 g/mol. The molecule has 0 aliphatic rings. The van der Waals surface area contributed by atoms with Crippen LogP contribution in [0.15, 0.2) is 24.3 Å². The van der Waals surface area contributed by atoms with Crippen molar-refractivity contribution in [2.75, 3.05) is 5.33 Å². The van der Waals surface area contributed by atoms with Crippen LogP contribution in [0.2, 0.25) is 5.02 Å². The predicted molar refractivity (Wildman–Crippen MR) is 77.6 cm³/mol. The Morgan fingerprint density at radius 1 is 1.50 bits per heavy atom. The highest BCUT2D eigenvalue weighted by Crippen LogP contribution is 2.18. The van der Waals surface area contributed by atoms with E-state index in [1.54, 1.807) is 31.2 Å². The van der Waals surface area contributed by atoms with Crippen molar-refractivity contribution >= 4 is 33.4 Å². The largest absolute Gasteiger partial charge is 0.481 e. The number of alkyl halides is 1. The van der Waals surface area contributed by atoms with E-state index in [0.29, 0.717) is 10.8 Å². The van der Waals surface area contributed by atoms with Crippen molar-refractivity contribution in [1.82, 2.24) is 5.32 Å². The van der Waals surface area contributed by atoms with Crippen LogP contribution >= 0.6 is 27.5 Å². The molecule has 1 aromatic rings. The molecule has 2 atom stereocenters. The van der Waals surface area contributed by atoms with Crippen LogP contribution in [0.5, 0.6) is 5.75 Å². The minimum Gasteiger partial charge on any atom is -0.481 e. The molecule has 0 saturated carbocycles. The highest BCUT2D eigenvalue weighted by atomic mass is 79.9. The van der Waals surface area contributed by atoms with Crippen molar-refractivity contribution < 1.29 is 9.53 Å². The zero-order valence-electron chi connectivity index (χ0n) is 10.5. The van der Waals surface area contributed by atoms with Crippen LogP contribution < -0.4 is 10.1 Å². The van der Waals surface area contributed by atoms with Crippen molar-refractivity contribution in [3.63, 3.8) is 0 Å². The number of hydrogen-bond donors (Lipinski definition) is 1. The first-order chi connectivity index (χ1) is 8.52. The maximum Gasteiger partial charge on any atom is 0.260 e. The van der Waals surface area contributed by atoms with Gasteiger partial charge in [0.25, 0.3) is 5.91 Å². The summed E-state index contributed by atoms with van der Waals surface area (Å²) in [5, 5.41) is 4.34. The molecule has 0 bridgehead atoms. The molecule has 100 valence electrons. The third kappa shape index (κ3) is 5.27. The van der Waals surface area contributed by atoms with Crippen molar-refractivity contribution in [3.05, 3.63) is 29.3 Å². The molecule has 0 aliphatic heterocycles. The minimum absolute atomic E-state index is 0.122. The van der Waals surface area contributed by atoms with E-state index in [9.17, 15) is 4.79 Å². The topological polar surface area (TPSA) is 38.3 Å². The number of halogens is 2. The third-order valence-electron chi connectivity index (χ3n) is 2.41. The first-order valence-electron chi connectivity index (χ1n) is 5.81. The quantitative estimate of drug-likeness (QED) is 0.810. The van der Waals surface area contributed by atoms with Crippen LogP contribution in [0.25, 0.3) is 0 Å². The Labute approximate surface area is 121 Å². The number of rotatable bonds is 6. The number of carbonyl (C=O) groups is 1. The molecule has 1 rings (SSSR count). The van der Waals surface area contributed by atoms with Gasteiger partial charge in [-0.05, 0) is 38.5 Å². The second kappa shape index (κ2) is 7.64. The molecule has 0 aromatic heterocycles. The van der Waals surface area contributed by atoms with Gasteiger partial charge in [-0.25, -0.2) is 0 Å². The number of amides is 1. The lowest BCUT2D eigenvalue weighted by atomic mass is 10.2. The Morgan fingerprint density at radius 2 is 2.22 bits per heavy atom. The number of benzene rings is 1. The molecule has 1 aromatic carbocycles. The molecule has 0 radical (unpaired) electrons. The number of nitrogens with one attached hydrogen (secondary N) is 1. The standard InChI is InChI=1S/C13H17BrClNO2/c1-9(6-7-14)16-13(17)10(2)18-12-5-3-4-11(15)8-12/h3-5,8-10H,6-7H2,1-2H3,(H,16,17). The van der Waals surface area contributed by atoms with Gasteiger partial charge in [0.15, 0.2) is 6.10 Å². The van der Waals surface area contributed by atoms with Crippen LogP contribution in [0.4, 0.5) is 0 Å². The van der Waals surface area contributed by atoms with Gasteiger partial charge in [-0.15, -0.1) is 0 Å². The molecule has 0 fully saturated rings. The van der Waals surface area contributed by atoms with Crippen LogP contribution in [0.1, 0.15) is 20.3 Å². The molecular formula is C13H17BrClNO2. The van der Waals surface area contributed by atoms with Crippen LogP contribution in [0.3, 0.4) is 0 Å². The van der Waals surface area contributed by atoms with Gasteiger partial charge in [0.1, 0.15) is 5.75 Å². The third-order valence-corrected chi connectivity index (χ3v) is 3.10. The first kappa shape index (κ1) is 15.3. The van der Waals surface area contributed by atoms with E-state index in [-0.39, 0.29) is 11.9 Å². The Hall–Kier alpha value is -0.740. The van der Waals surface area contributed by atoms with Crippen molar-refractivity contribution in [2.45, 2.75) is 32.4 Å². The smallest absolute Gasteiger partial charge is 0.260 e. The minimum atomic E-state index is -0.541. The van der Waals surface area contributed by atoms with Gasteiger partial charge >= 0.3 is 0 Å². The fourth-order valence-corrected chi connectivity index (χ4v) is 2.26. The summed E-state index contributed by atoms with van der Waals surface area (Å²) in [4.78, 5) is 11.8. The Morgan fingerprint density at radius 3 is 2.83 bits per heavy atom. The molecule has 2 unspecified atom stereocenters. The molecule has 1 amide bonds. The van der Waals surface area contributed by atoms with Gasteiger partial charge in [-0.3, -0.25) is 4.79 Å². The van der Waals surface area contributed by atoms with E-state index in [2.05, 4.69) is 21.2 Å². The highest BCUT2D eigenvalue weighted by molar-refractivity contribution is 9.09. The summed E-state index contributed by atoms with van der Waals surface area (Å²) >= 11 is 9.19. The van der Waals surface area contributed by atoms with E-state index in [0.717, 1.165) is 11.8 Å². The summed E-state index contributed by atoms with van der Waals surface area (Å²) in [6.45, 7) is 3.68. The zero-order chi connectivity index (χ0) is 13.5. The summed E-state index contributed by atoms with van der Waals surface area (Å²) in [7, 11) is 0. The fraction of sp³-hybridized carbons (Fsp3) is 0.462. The van der Waals surface area contributed by atoms with Crippen molar-refractivity contribution in [1.29, 1.82) is 0 Å². The Kier molecular flexibility index (Phi) is 6.50. The summed E-state index contributed by atoms with van der Waals surface area (Å²) in [5.41, 5.74) is 0. The predicted octanol–water partition coefficient (Wildman–Crippen LogP) is 3.40.